The molecule has 1 aliphatic heterocycles. The number of aliphatic hydroxyl groups is 1. The lowest BCUT2D eigenvalue weighted by molar-refractivity contribution is -0.00530. The van der Waals surface area contributed by atoms with E-state index in [1.54, 1.807) is 6.20 Å². The van der Waals surface area contributed by atoms with Crippen LogP contribution in [-0.2, 0) is 11.3 Å². The van der Waals surface area contributed by atoms with Gasteiger partial charge in [-0.1, -0.05) is 16.8 Å². The number of aromatic nitrogens is 2. The van der Waals surface area contributed by atoms with Crippen LogP contribution in [0, 0.1) is 0 Å². The molecule has 8 heteroatoms. The van der Waals surface area contributed by atoms with Gasteiger partial charge in [0.15, 0.2) is 5.58 Å². The van der Waals surface area contributed by atoms with Crippen LogP contribution in [0.4, 0.5) is 5.69 Å². The van der Waals surface area contributed by atoms with Gasteiger partial charge in [0, 0.05) is 30.2 Å². The molecule has 1 aromatic carbocycles. The number of rotatable bonds is 3. The average molecular weight is 380 g/mol. The lowest BCUT2D eigenvalue weighted by atomic mass is 10.1. The van der Waals surface area contributed by atoms with Gasteiger partial charge < -0.3 is 19.3 Å². The molecule has 3 heterocycles. The monoisotopic (exact) mass is 379 g/mol. The summed E-state index contributed by atoms with van der Waals surface area (Å²) in [5, 5.41) is 18.0. The third-order valence-corrected chi connectivity index (χ3v) is 5.43. The molecule has 0 radical (unpaired) electrons. The number of hydrogen-bond acceptors (Lipinski definition) is 7. The number of morpholine rings is 1. The predicted molar refractivity (Wildman–Crippen MR) is 98.3 cm³/mol. The van der Waals surface area contributed by atoms with Crippen molar-refractivity contribution >= 4 is 39.6 Å². The Bertz CT molecular complexity index is 886. The zero-order valence-corrected chi connectivity index (χ0v) is 15.5. The van der Waals surface area contributed by atoms with E-state index in [2.05, 4.69) is 15.0 Å². The van der Waals surface area contributed by atoms with Gasteiger partial charge in [-0.15, -0.1) is 11.3 Å². The highest BCUT2D eigenvalue weighted by Gasteiger charge is 2.28. The molecular weight excluding hydrogens is 362 g/mol. The van der Waals surface area contributed by atoms with Crippen LogP contribution in [0.1, 0.15) is 19.4 Å². The minimum atomic E-state index is -0.117. The first-order chi connectivity index (χ1) is 12.1. The highest BCUT2D eigenvalue weighted by atomic mass is 35.5. The quantitative estimate of drug-likeness (QED) is 0.748. The molecule has 0 saturated carbocycles. The molecule has 2 unspecified atom stereocenters. The smallest absolute Gasteiger partial charge is 0.188 e. The summed E-state index contributed by atoms with van der Waals surface area (Å²) < 4.78 is 11.3. The molecule has 0 amide bonds. The van der Waals surface area contributed by atoms with Gasteiger partial charge in [-0.25, -0.2) is 4.98 Å². The summed E-state index contributed by atoms with van der Waals surface area (Å²) in [4.78, 5) is 6.44. The standard InChI is InChI=1S/C17H18ClN3O3S/c1-9-6-21(7-10(2)23-9)15-11(8-22)5-12-14(17-19-3-4-25-17)20-24-16(12)13(15)18/h3-5,9-10,22H,6-8H2,1-2H3. The molecule has 4 rings (SSSR count). The Kier molecular flexibility index (Phi) is 4.41. The summed E-state index contributed by atoms with van der Waals surface area (Å²) >= 11 is 8.17. The molecule has 1 aliphatic rings. The van der Waals surface area contributed by atoms with Gasteiger partial charge in [-0.2, -0.15) is 0 Å². The van der Waals surface area contributed by atoms with Crippen LogP contribution in [0.5, 0.6) is 0 Å². The van der Waals surface area contributed by atoms with Crippen molar-refractivity contribution in [3.8, 4) is 10.7 Å². The van der Waals surface area contributed by atoms with Crippen molar-refractivity contribution in [1.82, 2.24) is 10.1 Å². The first-order valence-corrected chi connectivity index (χ1v) is 9.36. The van der Waals surface area contributed by atoms with E-state index in [1.165, 1.54) is 11.3 Å². The van der Waals surface area contributed by atoms with Crippen molar-refractivity contribution in [3.05, 3.63) is 28.2 Å². The molecule has 132 valence electrons. The summed E-state index contributed by atoms with van der Waals surface area (Å²) in [5.74, 6) is 0. The number of hydrogen-bond donors (Lipinski definition) is 1. The van der Waals surface area contributed by atoms with E-state index >= 15 is 0 Å². The van der Waals surface area contributed by atoms with Crippen LogP contribution in [0.25, 0.3) is 21.7 Å². The summed E-state index contributed by atoms with van der Waals surface area (Å²) in [7, 11) is 0. The fraction of sp³-hybridized carbons (Fsp3) is 0.412. The molecule has 2 aromatic heterocycles. The van der Waals surface area contributed by atoms with E-state index in [-0.39, 0.29) is 18.8 Å². The summed E-state index contributed by atoms with van der Waals surface area (Å²) in [6.45, 7) is 5.35. The zero-order chi connectivity index (χ0) is 17.6. The molecular formula is C17H18ClN3O3S. The van der Waals surface area contributed by atoms with Gasteiger partial charge in [-0.3, -0.25) is 0 Å². The Hall–Kier alpha value is -1.67. The van der Waals surface area contributed by atoms with Crippen LogP contribution in [0.3, 0.4) is 0 Å². The second-order valence-corrected chi connectivity index (χ2v) is 7.54. The van der Waals surface area contributed by atoms with Gasteiger partial charge in [-0.05, 0) is 19.9 Å². The van der Waals surface area contributed by atoms with Crippen molar-refractivity contribution in [2.24, 2.45) is 0 Å². The van der Waals surface area contributed by atoms with Crippen molar-refractivity contribution in [1.29, 1.82) is 0 Å². The summed E-state index contributed by atoms with van der Waals surface area (Å²) in [6.07, 6.45) is 1.89. The lowest BCUT2D eigenvalue weighted by Gasteiger charge is -2.38. The topological polar surface area (TPSA) is 71.6 Å². The largest absolute Gasteiger partial charge is 0.392 e. The number of benzene rings is 1. The van der Waals surface area contributed by atoms with Crippen LogP contribution in [0.2, 0.25) is 5.02 Å². The summed E-state index contributed by atoms with van der Waals surface area (Å²) in [6, 6.07) is 1.90. The van der Waals surface area contributed by atoms with Gasteiger partial charge in [0.1, 0.15) is 15.7 Å². The molecule has 1 saturated heterocycles. The predicted octanol–water partition coefficient (Wildman–Crippen LogP) is 3.71. The molecule has 0 aliphatic carbocycles. The van der Waals surface area contributed by atoms with E-state index in [4.69, 9.17) is 20.9 Å². The number of aliphatic hydroxyl groups excluding tert-OH is 1. The van der Waals surface area contributed by atoms with Crippen LogP contribution >= 0.6 is 22.9 Å². The SMILES string of the molecule is CC1CN(c2c(CO)cc3c(-c4nccs4)noc3c2Cl)CC(C)O1. The highest BCUT2D eigenvalue weighted by molar-refractivity contribution is 7.13. The van der Waals surface area contributed by atoms with Crippen LogP contribution in [0.15, 0.2) is 22.2 Å². The van der Waals surface area contributed by atoms with E-state index in [9.17, 15) is 5.11 Å². The van der Waals surface area contributed by atoms with E-state index < -0.39 is 0 Å². The van der Waals surface area contributed by atoms with Gasteiger partial charge >= 0.3 is 0 Å². The first kappa shape index (κ1) is 16.8. The second-order valence-electron chi connectivity index (χ2n) is 6.26. The Balaban J connectivity index is 1.87. The zero-order valence-electron chi connectivity index (χ0n) is 13.9. The molecule has 2 atom stereocenters. The number of fused-ring (bicyclic) bond motifs is 1. The number of halogens is 1. The first-order valence-electron chi connectivity index (χ1n) is 8.10. The van der Waals surface area contributed by atoms with E-state index in [1.807, 2.05) is 25.3 Å². The van der Waals surface area contributed by atoms with Crippen LogP contribution < -0.4 is 4.90 Å². The fourth-order valence-corrected chi connectivity index (χ4v) is 4.41. The molecule has 25 heavy (non-hydrogen) atoms. The Labute approximate surface area is 154 Å². The molecule has 3 aromatic rings. The lowest BCUT2D eigenvalue weighted by Crippen LogP contribution is -2.46. The molecule has 0 bridgehead atoms. The number of nitrogens with zero attached hydrogens (tertiary/aromatic N) is 3. The minimum absolute atomic E-state index is 0.0858. The van der Waals surface area contributed by atoms with E-state index in [0.29, 0.717) is 29.4 Å². The molecule has 6 nitrogen and oxygen atoms in total. The molecule has 1 N–H and O–H groups in total. The molecule has 1 fully saturated rings. The third kappa shape index (κ3) is 2.91. The second kappa shape index (κ2) is 6.57. The maximum atomic E-state index is 9.94. The van der Waals surface area contributed by atoms with Gasteiger partial charge in [0.05, 0.1) is 29.9 Å². The number of thiazole rings is 1. The Morgan fingerprint density at radius 3 is 2.76 bits per heavy atom. The Morgan fingerprint density at radius 1 is 1.36 bits per heavy atom. The van der Waals surface area contributed by atoms with Crippen molar-refractivity contribution in [2.45, 2.75) is 32.7 Å². The van der Waals surface area contributed by atoms with Crippen molar-refractivity contribution in [2.75, 3.05) is 18.0 Å². The van der Waals surface area contributed by atoms with Gasteiger partial charge in [0.2, 0.25) is 0 Å². The Morgan fingerprint density at radius 2 is 2.12 bits per heavy atom. The van der Waals surface area contributed by atoms with Crippen molar-refractivity contribution < 1.29 is 14.4 Å². The maximum Gasteiger partial charge on any atom is 0.188 e. The maximum absolute atomic E-state index is 9.94. The minimum Gasteiger partial charge on any atom is -0.392 e. The van der Waals surface area contributed by atoms with Gasteiger partial charge in [0.25, 0.3) is 0 Å². The highest BCUT2D eigenvalue weighted by Crippen LogP contribution is 2.41. The fourth-order valence-electron chi connectivity index (χ4n) is 3.40. The summed E-state index contributed by atoms with van der Waals surface area (Å²) in [5.41, 5.74) is 2.71. The number of anilines is 1. The molecule has 0 spiro atoms. The number of ether oxygens (including phenoxy) is 1. The average Bonchev–Trinajstić information content (AvgIpc) is 3.22. The normalized spacial score (nSPS) is 21.2. The van der Waals surface area contributed by atoms with E-state index in [0.717, 1.165) is 21.6 Å². The van der Waals surface area contributed by atoms with Crippen molar-refractivity contribution in [3.63, 3.8) is 0 Å². The van der Waals surface area contributed by atoms with Crippen LogP contribution in [-0.4, -0.2) is 40.5 Å². The third-order valence-electron chi connectivity index (χ3n) is 4.30.